The van der Waals surface area contributed by atoms with Crippen molar-refractivity contribution < 1.29 is 27.8 Å². The number of ether oxygens (including phenoxy) is 1. The number of anilines is 1. The van der Waals surface area contributed by atoms with Gasteiger partial charge < -0.3 is 20.1 Å². The Kier molecular flexibility index (Phi) is 7.13. The number of halogens is 3. The van der Waals surface area contributed by atoms with Crippen LogP contribution in [-0.2, 0) is 4.79 Å². The van der Waals surface area contributed by atoms with Gasteiger partial charge in [0.15, 0.2) is 0 Å². The Labute approximate surface area is 181 Å². The molecule has 1 saturated heterocycles. The molecule has 2 aromatic heterocycles. The number of carboxylic acid groups (broad SMARTS) is 1. The Morgan fingerprint density at radius 3 is 2.69 bits per heavy atom. The SMILES string of the molecule is Cc1cc2c(-c3ccccc3OC(F)(F)F)nnc(N[C@@H]3CCCN(C)C3)n2n1.O=CO. The van der Waals surface area contributed by atoms with Crippen LogP contribution in [0.2, 0.25) is 0 Å². The molecule has 1 fully saturated rings. The molecule has 3 heterocycles. The summed E-state index contributed by atoms with van der Waals surface area (Å²) in [5.41, 5.74) is 1.74. The standard InChI is InChI=1S/C19H21F3N6O.CH2O2/c1-12-10-15-17(14-7-3-4-8-16(14)29-19(20,21)22)24-25-18(28(15)26-12)23-13-6-5-9-27(2)11-13;2-1-3/h3-4,7-8,10,13H,5-6,9,11H2,1-2H3,(H,23,25);1H,(H,2,3)/t13-;/m1./s1. The van der Waals surface area contributed by atoms with Crippen molar-refractivity contribution >= 4 is 17.9 Å². The molecular weight excluding hydrogens is 429 g/mol. The summed E-state index contributed by atoms with van der Waals surface area (Å²) in [5, 5.41) is 23.2. The number of rotatable bonds is 4. The minimum absolute atomic E-state index is 0.197. The van der Waals surface area contributed by atoms with Crippen molar-refractivity contribution in [3.8, 4) is 17.0 Å². The zero-order valence-corrected chi connectivity index (χ0v) is 17.5. The van der Waals surface area contributed by atoms with Crippen LogP contribution in [0.1, 0.15) is 18.5 Å². The number of fused-ring (bicyclic) bond motifs is 1. The number of para-hydroxylation sites is 1. The van der Waals surface area contributed by atoms with Gasteiger partial charge in [-0.2, -0.15) is 9.61 Å². The van der Waals surface area contributed by atoms with Crippen molar-refractivity contribution in [1.29, 1.82) is 0 Å². The molecule has 9 nitrogen and oxygen atoms in total. The Bertz CT molecular complexity index is 1070. The summed E-state index contributed by atoms with van der Waals surface area (Å²) in [6.45, 7) is 3.48. The van der Waals surface area contributed by atoms with Crippen LogP contribution in [0.25, 0.3) is 16.8 Å². The third-order valence-electron chi connectivity index (χ3n) is 4.85. The van der Waals surface area contributed by atoms with Gasteiger partial charge in [0.2, 0.25) is 5.95 Å². The molecule has 2 N–H and O–H groups in total. The number of hydrogen-bond acceptors (Lipinski definition) is 7. The molecule has 0 radical (unpaired) electrons. The van der Waals surface area contributed by atoms with Gasteiger partial charge >= 0.3 is 6.36 Å². The topological polar surface area (TPSA) is 105 Å². The third-order valence-corrected chi connectivity index (χ3v) is 4.85. The summed E-state index contributed by atoms with van der Waals surface area (Å²) in [7, 11) is 2.06. The van der Waals surface area contributed by atoms with E-state index in [9.17, 15) is 13.2 Å². The number of piperidine rings is 1. The Hall–Kier alpha value is -3.41. The van der Waals surface area contributed by atoms with Crippen molar-refractivity contribution in [1.82, 2.24) is 24.7 Å². The van der Waals surface area contributed by atoms with E-state index in [1.54, 1.807) is 16.6 Å². The van der Waals surface area contributed by atoms with Gasteiger partial charge in [0.25, 0.3) is 6.47 Å². The van der Waals surface area contributed by atoms with Gasteiger partial charge in [0.1, 0.15) is 11.4 Å². The Morgan fingerprint density at radius 2 is 2.00 bits per heavy atom. The van der Waals surface area contributed by atoms with Crippen LogP contribution in [0.3, 0.4) is 0 Å². The van der Waals surface area contributed by atoms with Crippen LogP contribution >= 0.6 is 0 Å². The van der Waals surface area contributed by atoms with E-state index >= 15 is 0 Å². The van der Waals surface area contributed by atoms with Crippen LogP contribution in [0.5, 0.6) is 5.75 Å². The van der Waals surface area contributed by atoms with Crippen LogP contribution in [0, 0.1) is 6.92 Å². The molecule has 0 unspecified atom stereocenters. The van der Waals surface area contributed by atoms with E-state index in [-0.39, 0.29) is 29.5 Å². The lowest BCUT2D eigenvalue weighted by molar-refractivity contribution is -0.274. The smallest absolute Gasteiger partial charge is 0.483 e. The average molecular weight is 452 g/mol. The summed E-state index contributed by atoms with van der Waals surface area (Å²) >= 11 is 0. The van der Waals surface area contributed by atoms with Gasteiger partial charge in [-0.1, -0.05) is 12.1 Å². The van der Waals surface area contributed by atoms with E-state index in [1.807, 2.05) is 6.92 Å². The molecule has 32 heavy (non-hydrogen) atoms. The first-order chi connectivity index (χ1) is 15.2. The number of benzene rings is 1. The number of alkyl halides is 3. The molecule has 0 amide bonds. The van der Waals surface area contributed by atoms with Gasteiger partial charge in [-0.25, -0.2) is 0 Å². The largest absolute Gasteiger partial charge is 0.573 e. The Balaban J connectivity index is 0.000000913. The van der Waals surface area contributed by atoms with Crippen LogP contribution in [0.15, 0.2) is 30.3 Å². The number of carbonyl (C=O) groups is 1. The average Bonchev–Trinajstić information content (AvgIpc) is 3.10. The van der Waals surface area contributed by atoms with Crippen molar-refractivity contribution in [3.63, 3.8) is 0 Å². The van der Waals surface area contributed by atoms with Gasteiger partial charge in [0.05, 0.1) is 11.2 Å². The third kappa shape index (κ3) is 5.63. The summed E-state index contributed by atoms with van der Waals surface area (Å²) in [6, 6.07) is 7.86. The first-order valence-electron chi connectivity index (χ1n) is 9.83. The maximum absolute atomic E-state index is 12.8. The lowest BCUT2D eigenvalue weighted by Gasteiger charge is -2.30. The van der Waals surface area contributed by atoms with Gasteiger partial charge in [0, 0.05) is 18.2 Å². The van der Waals surface area contributed by atoms with Crippen LogP contribution in [-0.4, -0.2) is 68.8 Å². The number of nitrogens with zero attached hydrogens (tertiary/aromatic N) is 5. The molecule has 12 heteroatoms. The Morgan fingerprint density at radius 1 is 1.28 bits per heavy atom. The van der Waals surface area contributed by atoms with Crippen LogP contribution in [0.4, 0.5) is 19.1 Å². The van der Waals surface area contributed by atoms with Crippen molar-refractivity contribution in [2.45, 2.75) is 32.2 Å². The molecule has 1 aromatic carbocycles. The number of nitrogens with one attached hydrogen (secondary N) is 1. The molecule has 172 valence electrons. The van der Waals surface area contributed by atoms with E-state index in [0.717, 1.165) is 25.9 Å². The number of aryl methyl sites for hydroxylation is 1. The second kappa shape index (κ2) is 9.81. The van der Waals surface area contributed by atoms with E-state index in [4.69, 9.17) is 9.90 Å². The quantitative estimate of drug-likeness (QED) is 0.582. The van der Waals surface area contributed by atoms with E-state index < -0.39 is 6.36 Å². The second-order valence-electron chi connectivity index (χ2n) is 7.35. The highest BCUT2D eigenvalue weighted by Crippen LogP contribution is 2.35. The molecule has 1 aliphatic rings. The summed E-state index contributed by atoms with van der Waals surface area (Å²) in [6.07, 6.45) is -2.73. The van der Waals surface area contributed by atoms with Crippen molar-refractivity contribution in [2.75, 3.05) is 25.5 Å². The maximum atomic E-state index is 12.8. The molecule has 1 aliphatic heterocycles. The number of hydrogen-bond donors (Lipinski definition) is 2. The minimum Gasteiger partial charge on any atom is -0.483 e. The molecular formula is C20H23F3N6O3. The predicted molar refractivity (Wildman–Crippen MR) is 110 cm³/mol. The fourth-order valence-electron chi connectivity index (χ4n) is 3.65. The fraction of sp³-hybridized carbons (Fsp3) is 0.400. The highest BCUT2D eigenvalue weighted by Gasteiger charge is 2.32. The summed E-state index contributed by atoms with van der Waals surface area (Å²) < 4.78 is 44.2. The fourth-order valence-corrected chi connectivity index (χ4v) is 3.65. The van der Waals surface area contributed by atoms with Gasteiger partial charge in [-0.3, -0.25) is 4.79 Å². The lowest BCUT2D eigenvalue weighted by Crippen LogP contribution is -2.40. The van der Waals surface area contributed by atoms with Crippen molar-refractivity contribution in [3.05, 3.63) is 36.0 Å². The summed E-state index contributed by atoms with van der Waals surface area (Å²) in [5.74, 6) is 0.135. The zero-order valence-electron chi connectivity index (χ0n) is 17.5. The number of likely N-dealkylation sites (N-methyl/N-ethyl adjacent to an activating group) is 1. The normalized spacial score (nSPS) is 16.8. The van der Waals surface area contributed by atoms with E-state index in [1.165, 1.54) is 18.2 Å². The number of likely N-dealkylation sites (tertiary alicyclic amines) is 1. The summed E-state index contributed by atoms with van der Waals surface area (Å²) in [4.78, 5) is 10.6. The van der Waals surface area contributed by atoms with E-state index in [2.05, 4.69) is 37.3 Å². The van der Waals surface area contributed by atoms with Crippen LogP contribution < -0.4 is 10.1 Å². The molecule has 0 spiro atoms. The monoisotopic (exact) mass is 452 g/mol. The van der Waals surface area contributed by atoms with Gasteiger partial charge in [-0.05, 0) is 51.6 Å². The molecule has 0 aliphatic carbocycles. The predicted octanol–water partition coefficient (Wildman–Crippen LogP) is 3.21. The molecule has 3 aromatic rings. The maximum Gasteiger partial charge on any atom is 0.573 e. The second-order valence-corrected chi connectivity index (χ2v) is 7.35. The highest BCUT2D eigenvalue weighted by atomic mass is 19.4. The highest BCUT2D eigenvalue weighted by molar-refractivity contribution is 5.81. The first kappa shape index (κ1) is 23.3. The van der Waals surface area contributed by atoms with E-state index in [0.29, 0.717) is 17.2 Å². The lowest BCUT2D eigenvalue weighted by atomic mass is 10.1. The first-order valence-corrected chi connectivity index (χ1v) is 9.83. The number of aromatic nitrogens is 4. The minimum atomic E-state index is -4.80. The van der Waals surface area contributed by atoms with Crippen molar-refractivity contribution in [2.24, 2.45) is 0 Å². The molecule has 0 bridgehead atoms. The molecule has 0 saturated carbocycles. The molecule has 1 atom stereocenters. The zero-order chi connectivity index (χ0) is 23.3. The molecule has 4 rings (SSSR count). The van der Waals surface area contributed by atoms with Gasteiger partial charge in [-0.15, -0.1) is 23.4 Å².